The van der Waals surface area contributed by atoms with Crippen molar-refractivity contribution in [1.82, 2.24) is 20.2 Å². The van der Waals surface area contributed by atoms with Crippen molar-refractivity contribution >= 4 is 58.2 Å². The monoisotopic (exact) mass is 391 g/mol. The lowest BCUT2D eigenvalue weighted by molar-refractivity contribution is -0.115. The van der Waals surface area contributed by atoms with E-state index in [0.29, 0.717) is 21.9 Å². The van der Waals surface area contributed by atoms with Crippen LogP contribution < -0.4 is 5.32 Å². The first kappa shape index (κ1) is 16.8. The smallest absolute Gasteiger partial charge is 0.237 e. The van der Waals surface area contributed by atoms with Crippen molar-refractivity contribution in [3.8, 4) is 0 Å². The van der Waals surface area contributed by atoms with Crippen molar-refractivity contribution in [2.75, 3.05) is 5.32 Å². The van der Waals surface area contributed by atoms with Crippen LogP contribution in [0.15, 0.2) is 17.3 Å². The van der Waals surface area contributed by atoms with Crippen LogP contribution in [0.2, 0.25) is 15.1 Å². The second kappa shape index (κ2) is 6.84. The van der Waals surface area contributed by atoms with Crippen LogP contribution in [-0.2, 0) is 4.79 Å². The van der Waals surface area contributed by atoms with Crippen LogP contribution >= 0.6 is 46.6 Å². The molecule has 1 unspecified atom stereocenters. The van der Waals surface area contributed by atoms with Gasteiger partial charge in [-0.3, -0.25) is 4.79 Å². The molecule has 1 aromatic heterocycles. The fourth-order valence-electron chi connectivity index (χ4n) is 1.91. The standard InChI is InChI=1S/C13H12Cl3N5OS/c1-6(23-13-18-19-20-21(13)8-2-3-8)12(22)17-11-9(15)4-7(14)5-10(11)16/h4-6,8H,2-3H2,1H3,(H,17,22). The van der Waals surface area contributed by atoms with Gasteiger partial charge >= 0.3 is 0 Å². The largest absolute Gasteiger partial charge is 0.323 e. The maximum Gasteiger partial charge on any atom is 0.237 e. The normalized spacial score (nSPS) is 15.5. The first-order valence-electron chi connectivity index (χ1n) is 6.85. The Morgan fingerprint density at radius 3 is 2.61 bits per heavy atom. The van der Waals surface area contributed by atoms with Crippen molar-refractivity contribution in [2.24, 2.45) is 0 Å². The van der Waals surface area contributed by atoms with E-state index < -0.39 is 5.25 Å². The topological polar surface area (TPSA) is 72.7 Å². The molecular formula is C13H12Cl3N5OS. The van der Waals surface area contributed by atoms with Gasteiger partial charge in [0.1, 0.15) is 0 Å². The van der Waals surface area contributed by atoms with Crippen LogP contribution in [0.1, 0.15) is 25.8 Å². The lowest BCUT2D eigenvalue weighted by Crippen LogP contribution is -2.23. The first-order chi connectivity index (χ1) is 11.0. The maximum absolute atomic E-state index is 12.4. The third kappa shape index (κ3) is 3.91. The minimum absolute atomic E-state index is 0.244. The Bertz CT molecular complexity index is 726. The zero-order valence-corrected chi connectivity index (χ0v) is 15.0. The van der Waals surface area contributed by atoms with Gasteiger partial charge in [-0.2, -0.15) is 0 Å². The molecule has 3 rings (SSSR count). The molecule has 1 aliphatic carbocycles. The molecule has 1 aliphatic rings. The van der Waals surface area contributed by atoms with Crippen LogP contribution in [0.4, 0.5) is 5.69 Å². The average molecular weight is 393 g/mol. The summed E-state index contributed by atoms with van der Waals surface area (Å²) in [5.41, 5.74) is 0.344. The summed E-state index contributed by atoms with van der Waals surface area (Å²) in [4.78, 5) is 12.4. The van der Waals surface area contributed by atoms with Crippen molar-refractivity contribution in [1.29, 1.82) is 0 Å². The van der Waals surface area contributed by atoms with Crippen molar-refractivity contribution in [3.63, 3.8) is 0 Å². The molecule has 0 bridgehead atoms. The number of aromatic nitrogens is 4. The zero-order chi connectivity index (χ0) is 16.6. The van der Waals surface area contributed by atoms with Gasteiger partial charge in [0.05, 0.1) is 27.0 Å². The summed E-state index contributed by atoms with van der Waals surface area (Å²) in [6.45, 7) is 1.77. The van der Waals surface area contributed by atoms with E-state index in [9.17, 15) is 4.79 Å². The molecule has 122 valence electrons. The molecule has 0 saturated heterocycles. The van der Waals surface area contributed by atoms with Crippen LogP contribution in [0, 0.1) is 0 Å². The summed E-state index contributed by atoms with van der Waals surface area (Å²) in [5, 5.41) is 15.5. The number of carbonyl (C=O) groups excluding carboxylic acids is 1. The predicted molar refractivity (Wildman–Crippen MR) is 91.5 cm³/mol. The van der Waals surface area contributed by atoms with E-state index in [-0.39, 0.29) is 16.0 Å². The van der Waals surface area contributed by atoms with Gasteiger partial charge in [-0.15, -0.1) is 5.10 Å². The van der Waals surface area contributed by atoms with Gasteiger partial charge < -0.3 is 5.32 Å². The molecule has 0 radical (unpaired) electrons. The van der Waals surface area contributed by atoms with E-state index in [2.05, 4.69) is 20.8 Å². The highest BCUT2D eigenvalue weighted by molar-refractivity contribution is 8.00. The second-order valence-corrected chi connectivity index (χ2v) is 7.69. The number of amides is 1. The molecule has 1 fully saturated rings. The highest BCUT2D eigenvalue weighted by Crippen LogP contribution is 2.38. The number of nitrogens with one attached hydrogen (secondary N) is 1. The van der Waals surface area contributed by atoms with Crippen molar-refractivity contribution in [3.05, 3.63) is 27.2 Å². The van der Waals surface area contributed by atoms with E-state index in [1.165, 1.54) is 23.9 Å². The Kier molecular flexibility index (Phi) is 5.01. The predicted octanol–water partition coefficient (Wildman–Crippen LogP) is 4.09. The third-order valence-electron chi connectivity index (χ3n) is 3.26. The summed E-state index contributed by atoms with van der Waals surface area (Å²) in [7, 11) is 0. The van der Waals surface area contributed by atoms with Crippen LogP contribution in [0.25, 0.3) is 0 Å². The lowest BCUT2D eigenvalue weighted by Gasteiger charge is -2.14. The molecule has 1 aromatic carbocycles. The van der Waals surface area contributed by atoms with Crippen LogP contribution in [-0.4, -0.2) is 31.4 Å². The van der Waals surface area contributed by atoms with Gasteiger partial charge in [0.2, 0.25) is 11.1 Å². The van der Waals surface area contributed by atoms with E-state index in [0.717, 1.165) is 12.8 Å². The van der Waals surface area contributed by atoms with Gasteiger partial charge in [0, 0.05) is 5.02 Å². The lowest BCUT2D eigenvalue weighted by atomic mass is 10.3. The van der Waals surface area contributed by atoms with Crippen molar-refractivity contribution < 1.29 is 4.79 Å². The zero-order valence-electron chi connectivity index (χ0n) is 12.0. The average Bonchev–Trinajstić information content (AvgIpc) is 3.22. The minimum atomic E-state index is -0.415. The first-order valence-corrected chi connectivity index (χ1v) is 8.87. The van der Waals surface area contributed by atoms with Crippen LogP contribution in [0.5, 0.6) is 0 Å². The molecular weight excluding hydrogens is 381 g/mol. The van der Waals surface area contributed by atoms with E-state index in [4.69, 9.17) is 34.8 Å². The molecule has 1 saturated carbocycles. The number of rotatable bonds is 5. The van der Waals surface area contributed by atoms with Gasteiger partial charge in [-0.1, -0.05) is 46.6 Å². The van der Waals surface area contributed by atoms with Crippen molar-refractivity contribution in [2.45, 2.75) is 36.2 Å². The summed E-state index contributed by atoms with van der Waals surface area (Å²) in [5.74, 6) is -0.244. The molecule has 10 heteroatoms. The van der Waals surface area contributed by atoms with E-state index >= 15 is 0 Å². The number of benzene rings is 1. The molecule has 1 atom stereocenters. The van der Waals surface area contributed by atoms with E-state index in [1.54, 1.807) is 11.6 Å². The molecule has 2 aromatic rings. The Morgan fingerprint density at radius 2 is 2.00 bits per heavy atom. The van der Waals surface area contributed by atoms with Gasteiger partial charge in [0.25, 0.3) is 0 Å². The number of nitrogens with zero attached hydrogens (tertiary/aromatic N) is 4. The van der Waals surface area contributed by atoms with Gasteiger partial charge in [-0.05, 0) is 42.3 Å². The Hall–Kier alpha value is -1.02. The minimum Gasteiger partial charge on any atom is -0.323 e. The highest BCUT2D eigenvalue weighted by Gasteiger charge is 2.29. The van der Waals surface area contributed by atoms with Gasteiger partial charge in [0.15, 0.2) is 0 Å². The summed E-state index contributed by atoms with van der Waals surface area (Å²) in [6.07, 6.45) is 2.13. The molecule has 0 spiro atoms. The second-order valence-electron chi connectivity index (χ2n) is 5.13. The SMILES string of the molecule is CC(Sc1nnnn1C1CC1)C(=O)Nc1c(Cl)cc(Cl)cc1Cl. The van der Waals surface area contributed by atoms with Gasteiger partial charge in [-0.25, -0.2) is 4.68 Å². The molecule has 23 heavy (non-hydrogen) atoms. The fourth-order valence-corrected chi connectivity index (χ4v) is 3.68. The Morgan fingerprint density at radius 1 is 1.35 bits per heavy atom. The highest BCUT2D eigenvalue weighted by atomic mass is 35.5. The number of tetrazole rings is 1. The number of carbonyl (C=O) groups is 1. The number of halogens is 3. The summed E-state index contributed by atoms with van der Waals surface area (Å²) in [6, 6.07) is 3.40. The third-order valence-corrected chi connectivity index (χ3v) is 5.12. The quantitative estimate of drug-likeness (QED) is 0.776. The number of thioether (sulfide) groups is 1. The number of hydrogen-bond donors (Lipinski definition) is 1. The summed E-state index contributed by atoms with van der Waals surface area (Å²) < 4.78 is 1.76. The fraction of sp³-hybridized carbons (Fsp3) is 0.385. The summed E-state index contributed by atoms with van der Waals surface area (Å²) >= 11 is 19.3. The van der Waals surface area contributed by atoms with E-state index in [1.807, 2.05) is 0 Å². The van der Waals surface area contributed by atoms with Crippen LogP contribution in [0.3, 0.4) is 0 Å². The molecule has 1 amide bonds. The molecule has 6 nitrogen and oxygen atoms in total. The molecule has 1 heterocycles. The maximum atomic E-state index is 12.4. The molecule has 1 N–H and O–H groups in total. The molecule has 0 aliphatic heterocycles. The number of hydrogen-bond acceptors (Lipinski definition) is 5. The Labute approximate surface area is 151 Å². The Balaban J connectivity index is 1.69. The number of anilines is 1.